The van der Waals surface area contributed by atoms with Gasteiger partial charge in [0, 0.05) is 54.9 Å². The lowest BCUT2D eigenvalue weighted by Gasteiger charge is -2.20. The summed E-state index contributed by atoms with van der Waals surface area (Å²) in [7, 11) is 0. The highest BCUT2D eigenvalue weighted by Crippen LogP contribution is 2.43. The molecule has 9 heteroatoms. The predicted octanol–water partition coefficient (Wildman–Crippen LogP) is 16.1. The molecule has 0 fully saturated rings. The van der Waals surface area contributed by atoms with E-state index in [4.69, 9.17) is 29.9 Å². The number of hydrogen-bond acceptors (Lipinski definition) is 7. The van der Waals surface area contributed by atoms with Crippen molar-refractivity contribution in [3.05, 3.63) is 254 Å². The van der Waals surface area contributed by atoms with Crippen molar-refractivity contribution in [2.75, 3.05) is 0 Å². The summed E-state index contributed by atoms with van der Waals surface area (Å²) in [5, 5.41) is 14.4. The minimum atomic E-state index is 0.585. The highest BCUT2D eigenvalue weighted by molar-refractivity contribution is 6.13. The van der Waals surface area contributed by atoms with Gasteiger partial charge in [0.15, 0.2) is 34.9 Å². The Morgan fingerprint density at radius 3 is 1.06 bits per heavy atom. The Kier molecular flexibility index (Phi) is 10.9. The third-order valence-corrected chi connectivity index (χ3v) is 14.4. The second-order valence-corrected chi connectivity index (χ2v) is 19.1. The maximum Gasteiger partial charge on any atom is 0.164 e. The molecule has 4 heterocycles. The van der Waals surface area contributed by atoms with E-state index in [2.05, 4.69) is 125 Å². The van der Waals surface area contributed by atoms with Crippen LogP contribution < -0.4 is 0 Å². The first-order chi connectivity index (χ1) is 38.0. The molecule has 0 saturated heterocycles. The van der Waals surface area contributed by atoms with Crippen LogP contribution in [0.2, 0.25) is 0 Å². The zero-order chi connectivity index (χ0) is 51.4. The summed E-state index contributed by atoms with van der Waals surface area (Å²) in [5.74, 6) is 3.60. The molecule has 9 nitrogen and oxygen atoms in total. The molecule has 10 aromatic carbocycles. The van der Waals surface area contributed by atoms with Crippen LogP contribution in [0.3, 0.4) is 0 Å². The molecule has 0 aliphatic carbocycles. The van der Waals surface area contributed by atoms with Gasteiger partial charge < -0.3 is 9.13 Å². The second kappa shape index (κ2) is 18.7. The van der Waals surface area contributed by atoms with Gasteiger partial charge in [-0.3, -0.25) is 0 Å². The first kappa shape index (κ1) is 45.0. The summed E-state index contributed by atoms with van der Waals surface area (Å²) >= 11 is 0. The van der Waals surface area contributed by atoms with Crippen LogP contribution in [-0.2, 0) is 0 Å². The van der Waals surface area contributed by atoms with E-state index in [1.807, 2.05) is 140 Å². The lowest BCUT2D eigenvalue weighted by atomic mass is 9.97. The lowest BCUT2D eigenvalue weighted by Crippen LogP contribution is -2.05. The fourth-order valence-electron chi connectivity index (χ4n) is 10.7. The van der Waals surface area contributed by atoms with Gasteiger partial charge in [0.2, 0.25) is 0 Å². The van der Waals surface area contributed by atoms with E-state index in [-0.39, 0.29) is 0 Å². The topological polar surface area (TPSA) is 111 Å². The van der Waals surface area contributed by atoms with E-state index >= 15 is 0 Å². The van der Waals surface area contributed by atoms with Crippen LogP contribution in [0, 0.1) is 18.3 Å². The van der Waals surface area contributed by atoms with Gasteiger partial charge in [-0.25, -0.2) is 29.9 Å². The molecule has 0 aliphatic rings. The summed E-state index contributed by atoms with van der Waals surface area (Å²) < 4.78 is 4.77. The van der Waals surface area contributed by atoms with Gasteiger partial charge in [0.25, 0.3) is 0 Å². The van der Waals surface area contributed by atoms with E-state index in [1.54, 1.807) is 0 Å². The molecule has 0 bridgehead atoms. The Bertz CT molecular complexity index is 4520. The molecular weight excluding hydrogens is 943 g/mol. The standard InChI is InChI=1S/C68H43N9/c1-43-37-61(76-57-31-16-14-29-52(57)55-39-50(33-35-59(55)76)67-72-63(45-20-6-2-7-21-45)70-64(73-67)46-22-8-3-9-23-46)62(41-54(43)49-28-18-19-44(38-49)42-69)77-58-32-17-15-30-53(58)56-40-51(34-36-60(56)77)68-74-65(47-24-10-4-11-25-47)71-66(75-68)48-26-12-5-13-27-48/h2-41H,1H3. The number of fused-ring (bicyclic) bond motifs is 6. The van der Waals surface area contributed by atoms with Crippen molar-refractivity contribution in [1.29, 1.82) is 5.26 Å². The molecule has 77 heavy (non-hydrogen) atoms. The molecule has 0 aliphatic heterocycles. The number of aryl methyl sites for hydroxylation is 1. The summed E-state index contributed by atoms with van der Waals surface area (Å²) in [5.41, 5.74) is 15.1. The fraction of sp³-hybridized carbons (Fsp3) is 0.0147. The highest BCUT2D eigenvalue weighted by atomic mass is 15.1. The molecule has 14 rings (SSSR count). The number of hydrogen-bond donors (Lipinski definition) is 0. The number of para-hydroxylation sites is 2. The molecule has 360 valence electrons. The Balaban J connectivity index is 0.997. The quantitative estimate of drug-likeness (QED) is 0.142. The second-order valence-electron chi connectivity index (χ2n) is 19.1. The van der Waals surface area contributed by atoms with Gasteiger partial charge in [0.1, 0.15) is 0 Å². The van der Waals surface area contributed by atoms with E-state index in [0.29, 0.717) is 40.5 Å². The lowest BCUT2D eigenvalue weighted by molar-refractivity contribution is 1.07. The summed E-state index contributed by atoms with van der Waals surface area (Å²) in [4.78, 5) is 30.4. The molecular formula is C68H43N9. The monoisotopic (exact) mass is 985 g/mol. The molecule has 0 unspecified atom stereocenters. The van der Waals surface area contributed by atoms with Crippen molar-refractivity contribution in [2.45, 2.75) is 6.92 Å². The first-order valence-electron chi connectivity index (χ1n) is 25.5. The van der Waals surface area contributed by atoms with Crippen LogP contribution in [-0.4, -0.2) is 39.0 Å². The van der Waals surface area contributed by atoms with Gasteiger partial charge in [-0.15, -0.1) is 0 Å². The minimum Gasteiger partial charge on any atom is -0.307 e. The van der Waals surface area contributed by atoms with Crippen molar-refractivity contribution in [3.8, 4) is 96.9 Å². The van der Waals surface area contributed by atoms with Crippen molar-refractivity contribution in [2.24, 2.45) is 0 Å². The average molecular weight is 986 g/mol. The first-order valence-corrected chi connectivity index (χ1v) is 25.5. The Labute approximate surface area is 443 Å². The van der Waals surface area contributed by atoms with Crippen molar-refractivity contribution < 1.29 is 0 Å². The van der Waals surface area contributed by atoms with Gasteiger partial charge in [-0.2, -0.15) is 5.26 Å². The molecule has 14 aromatic rings. The van der Waals surface area contributed by atoms with E-state index in [1.165, 1.54) is 0 Å². The molecule has 0 radical (unpaired) electrons. The van der Waals surface area contributed by atoms with Gasteiger partial charge in [0.05, 0.1) is 45.1 Å². The Morgan fingerprint density at radius 1 is 0.299 bits per heavy atom. The number of nitrogens with zero attached hydrogens (tertiary/aromatic N) is 9. The van der Waals surface area contributed by atoms with Gasteiger partial charge in [-0.05, 0) is 96.4 Å². The van der Waals surface area contributed by atoms with Gasteiger partial charge in [-0.1, -0.05) is 170 Å². The number of benzene rings is 10. The van der Waals surface area contributed by atoms with E-state index < -0.39 is 0 Å². The molecule has 0 spiro atoms. The molecule has 0 amide bonds. The van der Waals surface area contributed by atoms with Crippen LogP contribution >= 0.6 is 0 Å². The Morgan fingerprint density at radius 2 is 0.649 bits per heavy atom. The van der Waals surface area contributed by atoms with E-state index in [0.717, 1.165) is 105 Å². The zero-order valence-electron chi connectivity index (χ0n) is 41.6. The van der Waals surface area contributed by atoms with Gasteiger partial charge >= 0.3 is 0 Å². The van der Waals surface area contributed by atoms with Crippen LogP contribution in [0.5, 0.6) is 0 Å². The largest absolute Gasteiger partial charge is 0.307 e. The maximum absolute atomic E-state index is 10.1. The fourth-order valence-corrected chi connectivity index (χ4v) is 10.7. The van der Waals surface area contributed by atoms with E-state index in [9.17, 15) is 5.26 Å². The smallest absolute Gasteiger partial charge is 0.164 e. The van der Waals surface area contributed by atoms with Crippen LogP contribution in [0.1, 0.15) is 11.1 Å². The Hall–Kier alpha value is -10.7. The summed E-state index contributed by atoms with van der Waals surface area (Å²) in [6.45, 7) is 2.16. The van der Waals surface area contributed by atoms with Crippen LogP contribution in [0.4, 0.5) is 0 Å². The molecule has 0 saturated carbocycles. The van der Waals surface area contributed by atoms with Crippen molar-refractivity contribution >= 4 is 43.6 Å². The third kappa shape index (κ3) is 7.96. The zero-order valence-corrected chi connectivity index (χ0v) is 41.6. The predicted molar refractivity (Wildman–Crippen MR) is 309 cm³/mol. The van der Waals surface area contributed by atoms with Crippen molar-refractivity contribution in [3.63, 3.8) is 0 Å². The minimum absolute atomic E-state index is 0.585. The summed E-state index contributed by atoms with van der Waals surface area (Å²) in [6, 6.07) is 85.4. The third-order valence-electron chi connectivity index (χ3n) is 14.4. The van der Waals surface area contributed by atoms with Crippen LogP contribution in [0.15, 0.2) is 243 Å². The molecule has 4 aromatic heterocycles. The maximum atomic E-state index is 10.1. The highest BCUT2D eigenvalue weighted by Gasteiger charge is 2.24. The van der Waals surface area contributed by atoms with Crippen LogP contribution in [0.25, 0.3) is 134 Å². The average Bonchev–Trinajstić information content (AvgIpc) is 4.16. The molecule has 0 atom stereocenters. The number of nitriles is 1. The number of rotatable bonds is 9. The van der Waals surface area contributed by atoms with Crippen molar-refractivity contribution in [1.82, 2.24) is 39.0 Å². The normalized spacial score (nSPS) is 11.4. The molecule has 0 N–H and O–H groups in total. The summed E-state index contributed by atoms with van der Waals surface area (Å²) in [6.07, 6.45) is 0. The number of aromatic nitrogens is 8. The SMILES string of the molecule is Cc1cc(-n2c3ccccc3c3cc(-c4nc(-c5ccccc5)nc(-c5ccccc5)n4)ccc32)c(-n2c3ccccc3c3cc(-c4nc(-c5ccccc5)nc(-c5ccccc5)n4)ccc32)cc1-c1cccc(C#N)c1.